The third kappa shape index (κ3) is 2.74. The van der Waals surface area contributed by atoms with Crippen LogP contribution in [0, 0.1) is 6.92 Å². The molecule has 0 atom stereocenters. The van der Waals surface area contributed by atoms with Crippen LogP contribution in [0.25, 0.3) is 0 Å². The van der Waals surface area contributed by atoms with Crippen molar-refractivity contribution in [2.24, 2.45) is 0 Å². The fourth-order valence-corrected chi connectivity index (χ4v) is 1.43. The lowest BCUT2D eigenvalue weighted by molar-refractivity contribution is -0.144. The minimum absolute atomic E-state index is 0.103. The number of hydrogen-bond donors (Lipinski definition) is 0. The minimum Gasteiger partial charge on any atom is -0.465 e. The maximum atomic E-state index is 11.6. The summed E-state index contributed by atoms with van der Waals surface area (Å²) in [5, 5.41) is 3.81. The lowest BCUT2D eigenvalue weighted by Crippen LogP contribution is -2.28. The van der Waals surface area contributed by atoms with Crippen molar-refractivity contribution in [3.63, 3.8) is 0 Å². The Morgan fingerprint density at radius 3 is 2.62 bits per heavy atom. The normalized spacial score (nSPS) is 10.2. The van der Waals surface area contributed by atoms with Gasteiger partial charge in [0.1, 0.15) is 11.6 Å². The zero-order valence-electron chi connectivity index (χ0n) is 8.79. The average Bonchev–Trinajstić information content (AvgIpc) is 2.23. The number of carbonyl (C=O) groups excluding carboxylic acids is 1. The molecule has 88 valence electrons. The Balaban J connectivity index is 3.07. The van der Waals surface area contributed by atoms with Crippen LogP contribution >= 0.6 is 23.2 Å². The summed E-state index contributed by atoms with van der Waals surface area (Å²) in [5.41, 5.74) is -0.221. The highest BCUT2D eigenvalue weighted by atomic mass is 35.5. The fourth-order valence-electron chi connectivity index (χ4n) is 1.07. The second kappa shape index (κ2) is 5.32. The van der Waals surface area contributed by atoms with Gasteiger partial charge in [0, 0.05) is 0 Å². The molecule has 1 rings (SSSR count). The molecule has 0 aromatic carbocycles. The molecule has 0 spiro atoms. The molecule has 0 radical (unpaired) electrons. The summed E-state index contributed by atoms with van der Waals surface area (Å²) in [4.78, 5) is 22.7. The maximum Gasteiger partial charge on any atom is 0.327 e. The van der Waals surface area contributed by atoms with Gasteiger partial charge in [0.2, 0.25) is 0 Å². The van der Waals surface area contributed by atoms with Crippen LogP contribution < -0.4 is 5.56 Å². The number of halogens is 2. The lowest BCUT2D eigenvalue weighted by atomic mass is 10.4. The highest BCUT2D eigenvalue weighted by molar-refractivity contribution is 6.42. The number of ether oxygens (including phenoxy) is 1. The van der Waals surface area contributed by atoms with E-state index in [9.17, 15) is 9.59 Å². The fraction of sp³-hybridized carbons (Fsp3) is 0.444. The Morgan fingerprint density at radius 1 is 1.44 bits per heavy atom. The van der Waals surface area contributed by atoms with Crippen molar-refractivity contribution in [1.82, 2.24) is 9.78 Å². The van der Waals surface area contributed by atoms with Crippen molar-refractivity contribution in [3.8, 4) is 0 Å². The lowest BCUT2D eigenvalue weighted by Gasteiger charge is -2.07. The molecule has 0 aliphatic rings. The van der Waals surface area contributed by atoms with E-state index >= 15 is 0 Å². The van der Waals surface area contributed by atoms with Crippen LogP contribution in [0.5, 0.6) is 0 Å². The first kappa shape index (κ1) is 13.0. The molecule has 0 N–H and O–H groups in total. The summed E-state index contributed by atoms with van der Waals surface area (Å²) >= 11 is 11.4. The van der Waals surface area contributed by atoms with Crippen LogP contribution in [0.2, 0.25) is 10.0 Å². The Bertz CT molecular complexity index is 471. The van der Waals surface area contributed by atoms with Gasteiger partial charge in [-0.2, -0.15) is 5.10 Å². The number of aromatic nitrogens is 2. The van der Waals surface area contributed by atoms with Crippen molar-refractivity contribution in [2.75, 3.05) is 6.61 Å². The second-order valence-corrected chi connectivity index (χ2v) is 3.74. The van der Waals surface area contributed by atoms with Crippen molar-refractivity contribution in [1.29, 1.82) is 0 Å². The summed E-state index contributed by atoms with van der Waals surface area (Å²) in [7, 11) is 0. The van der Waals surface area contributed by atoms with Gasteiger partial charge in [-0.25, -0.2) is 4.68 Å². The zero-order chi connectivity index (χ0) is 12.3. The number of esters is 1. The highest BCUT2D eigenvalue weighted by Gasteiger charge is 2.13. The van der Waals surface area contributed by atoms with Gasteiger partial charge in [0.25, 0.3) is 5.56 Å². The van der Waals surface area contributed by atoms with E-state index in [-0.39, 0.29) is 23.2 Å². The van der Waals surface area contributed by atoms with Crippen molar-refractivity contribution in [2.45, 2.75) is 20.4 Å². The van der Waals surface area contributed by atoms with E-state index in [1.54, 1.807) is 13.8 Å². The van der Waals surface area contributed by atoms with Crippen molar-refractivity contribution < 1.29 is 9.53 Å². The van der Waals surface area contributed by atoms with E-state index in [1.807, 2.05) is 0 Å². The van der Waals surface area contributed by atoms with Gasteiger partial charge in [-0.1, -0.05) is 23.2 Å². The van der Waals surface area contributed by atoms with Gasteiger partial charge in [-0.3, -0.25) is 9.59 Å². The summed E-state index contributed by atoms with van der Waals surface area (Å²) in [5.74, 6) is -0.546. The summed E-state index contributed by atoms with van der Waals surface area (Å²) in [6.45, 7) is 3.24. The smallest absolute Gasteiger partial charge is 0.327 e. The van der Waals surface area contributed by atoms with E-state index in [1.165, 1.54) is 0 Å². The Labute approximate surface area is 102 Å². The van der Waals surface area contributed by atoms with Crippen LogP contribution in [-0.4, -0.2) is 22.4 Å². The predicted molar refractivity (Wildman–Crippen MR) is 59.9 cm³/mol. The van der Waals surface area contributed by atoms with E-state index in [0.29, 0.717) is 5.69 Å². The number of hydrogen-bond acceptors (Lipinski definition) is 4. The second-order valence-electron chi connectivity index (χ2n) is 2.98. The summed E-state index contributed by atoms with van der Waals surface area (Å²) in [6, 6.07) is 0. The monoisotopic (exact) mass is 264 g/mol. The molecule has 0 fully saturated rings. The molecule has 5 nitrogen and oxygen atoms in total. The molecule has 0 saturated carbocycles. The standard InChI is InChI=1S/C9H10Cl2N2O3/c1-3-16-6(14)4-13-9(15)8(11)7(10)5(2)12-13/h3-4H2,1-2H3. The number of nitrogens with zero attached hydrogens (tertiary/aromatic N) is 2. The largest absolute Gasteiger partial charge is 0.465 e. The zero-order valence-corrected chi connectivity index (χ0v) is 10.3. The molecule has 0 bridgehead atoms. The van der Waals surface area contributed by atoms with Crippen LogP contribution in [0.1, 0.15) is 12.6 Å². The molecule has 0 saturated heterocycles. The SMILES string of the molecule is CCOC(=O)Cn1nc(C)c(Cl)c(Cl)c1=O. The van der Waals surface area contributed by atoms with Crippen LogP contribution in [0.4, 0.5) is 0 Å². The Hall–Kier alpha value is -1.07. The van der Waals surface area contributed by atoms with E-state index in [2.05, 4.69) is 5.10 Å². The van der Waals surface area contributed by atoms with Crippen molar-refractivity contribution >= 4 is 29.2 Å². The van der Waals surface area contributed by atoms with Crippen molar-refractivity contribution in [3.05, 3.63) is 26.1 Å². The van der Waals surface area contributed by atoms with Gasteiger partial charge in [0.15, 0.2) is 0 Å². The number of aryl methyl sites for hydroxylation is 1. The van der Waals surface area contributed by atoms with E-state index in [0.717, 1.165) is 4.68 Å². The van der Waals surface area contributed by atoms with Gasteiger partial charge >= 0.3 is 5.97 Å². The first-order chi connectivity index (χ1) is 7.47. The molecule has 0 unspecified atom stereocenters. The quantitative estimate of drug-likeness (QED) is 0.775. The van der Waals surface area contributed by atoms with Crippen LogP contribution in [0.15, 0.2) is 4.79 Å². The third-order valence-corrected chi connectivity index (χ3v) is 2.70. The van der Waals surface area contributed by atoms with Crippen LogP contribution in [-0.2, 0) is 16.1 Å². The Morgan fingerprint density at radius 2 is 2.06 bits per heavy atom. The molecule has 1 aromatic rings. The molecule has 16 heavy (non-hydrogen) atoms. The summed E-state index contributed by atoms with van der Waals surface area (Å²) < 4.78 is 5.63. The molecular formula is C9H10Cl2N2O3. The molecule has 1 aromatic heterocycles. The van der Waals surface area contributed by atoms with Gasteiger partial charge < -0.3 is 4.74 Å². The first-order valence-electron chi connectivity index (χ1n) is 4.55. The average molecular weight is 265 g/mol. The topological polar surface area (TPSA) is 61.2 Å². The Kier molecular flexibility index (Phi) is 4.32. The minimum atomic E-state index is -0.606. The predicted octanol–water partition coefficient (Wildman–Crippen LogP) is 1.42. The third-order valence-electron chi connectivity index (χ3n) is 1.79. The molecule has 1 heterocycles. The number of rotatable bonds is 3. The molecule has 0 aliphatic carbocycles. The first-order valence-corrected chi connectivity index (χ1v) is 5.31. The molecule has 7 heteroatoms. The number of carbonyl (C=O) groups is 1. The van der Waals surface area contributed by atoms with Gasteiger partial charge in [-0.15, -0.1) is 0 Å². The van der Waals surface area contributed by atoms with Gasteiger partial charge in [-0.05, 0) is 13.8 Å². The molecule has 0 amide bonds. The molecular weight excluding hydrogens is 255 g/mol. The van der Waals surface area contributed by atoms with Gasteiger partial charge in [0.05, 0.1) is 17.3 Å². The molecule has 0 aliphatic heterocycles. The van der Waals surface area contributed by atoms with E-state index < -0.39 is 11.5 Å². The highest BCUT2D eigenvalue weighted by Crippen LogP contribution is 2.19. The van der Waals surface area contributed by atoms with Crippen LogP contribution in [0.3, 0.4) is 0 Å². The maximum absolute atomic E-state index is 11.6. The van der Waals surface area contributed by atoms with E-state index in [4.69, 9.17) is 27.9 Å². The summed E-state index contributed by atoms with van der Waals surface area (Å²) in [6.07, 6.45) is 0.